The smallest absolute Gasteiger partial charge is 0.310 e. The van der Waals surface area contributed by atoms with Crippen molar-refractivity contribution < 1.29 is 15.0 Å². The molecule has 0 aromatic heterocycles. The van der Waals surface area contributed by atoms with Crippen LogP contribution in [0.25, 0.3) is 0 Å². The van der Waals surface area contributed by atoms with Crippen molar-refractivity contribution in [3.8, 4) is 0 Å². The largest absolute Gasteiger partial charge is 0.481 e. The van der Waals surface area contributed by atoms with E-state index in [9.17, 15) is 15.0 Å². The van der Waals surface area contributed by atoms with Gasteiger partial charge in [0.25, 0.3) is 0 Å². The highest BCUT2D eigenvalue weighted by Crippen LogP contribution is 2.75. The van der Waals surface area contributed by atoms with E-state index in [0.717, 1.165) is 44.9 Å². The lowest BCUT2D eigenvalue weighted by Gasteiger charge is -2.71. The standard InChI is InChI=1S/C30H48O3/c1-18-10-15-30(25(32)33)17-16-28(6)20(24(30)19(18)2)8-9-22-27(5)13-12-23(31)26(3,4)21(27)11-14-29(22,28)7/h8,18-19,21-24,31H,9-17H2,1-7H3,(H,32,33)/t18-,19-,21-,22-,23+,24-,27+,28-,29-,30+/m1/s1. The molecule has 3 heteroatoms. The van der Waals surface area contributed by atoms with E-state index < -0.39 is 11.4 Å². The Balaban J connectivity index is 1.61. The lowest BCUT2D eigenvalue weighted by molar-refractivity contribution is -0.206. The van der Waals surface area contributed by atoms with Crippen LogP contribution in [0.5, 0.6) is 0 Å². The van der Waals surface area contributed by atoms with Crippen molar-refractivity contribution >= 4 is 5.97 Å². The summed E-state index contributed by atoms with van der Waals surface area (Å²) in [7, 11) is 0. The van der Waals surface area contributed by atoms with Gasteiger partial charge in [0.2, 0.25) is 0 Å². The average Bonchev–Trinajstić information content (AvgIpc) is 2.74. The summed E-state index contributed by atoms with van der Waals surface area (Å²) in [6.07, 6.45) is 11.6. The van der Waals surface area contributed by atoms with Gasteiger partial charge in [-0.05, 0) is 109 Å². The second kappa shape index (κ2) is 7.11. The highest BCUT2D eigenvalue weighted by Gasteiger charge is 2.69. The van der Waals surface area contributed by atoms with E-state index in [0.29, 0.717) is 23.7 Å². The van der Waals surface area contributed by atoms with Crippen molar-refractivity contribution in [3.63, 3.8) is 0 Å². The number of fused-ring (bicyclic) bond motifs is 7. The summed E-state index contributed by atoms with van der Waals surface area (Å²) in [5.74, 6) is 1.82. The molecule has 0 radical (unpaired) electrons. The van der Waals surface area contributed by atoms with Crippen molar-refractivity contribution in [2.24, 2.45) is 56.7 Å². The van der Waals surface area contributed by atoms with E-state index in [1.165, 1.54) is 18.4 Å². The Morgan fingerprint density at radius 3 is 2.27 bits per heavy atom. The minimum Gasteiger partial charge on any atom is -0.481 e. The summed E-state index contributed by atoms with van der Waals surface area (Å²) in [5.41, 5.74) is 1.46. The fourth-order valence-electron chi connectivity index (χ4n) is 10.8. The van der Waals surface area contributed by atoms with Gasteiger partial charge in [0.15, 0.2) is 0 Å². The Labute approximate surface area is 201 Å². The summed E-state index contributed by atoms with van der Waals surface area (Å²) >= 11 is 0. The quantitative estimate of drug-likeness (QED) is 0.414. The van der Waals surface area contributed by atoms with E-state index in [1.807, 2.05) is 0 Å². The minimum atomic E-state index is -0.557. The number of aliphatic carboxylic acids is 1. The summed E-state index contributed by atoms with van der Waals surface area (Å²) in [6.45, 7) is 17.0. The predicted octanol–water partition coefficient (Wildman–Crippen LogP) is 7.09. The van der Waals surface area contributed by atoms with Gasteiger partial charge in [0, 0.05) is 0 Å². The van der Waals surface area contributed by atoms with Crippen LogP contribution in [0.15, 0.2) is 11.6 Å². The molecule has 5 aliphatic rings. The maximum Gasteiger partial charge on any atom is 0.310 e. The van der Waals surface area contributed by atoms with Crippen molar-refractivity contribution in [2.75, 3.05) is 0 Å². The van der Waals surface area contributed by atoms with Crippen LogP contribution in [0.3, 0.4) is 0 Å². The molecule has 0 aromatic rings. The second-order valence-electron chi connectivity index (χ2n) is 14.5. The normalized spacial score (nSPS) is 55.3. The minimum absolute atomic E-state index is 0.0302. The van der Waals surface area contributed by atoms with Gasteiger partial charge in [-0.3, -0.25) is 4.79 Å². The number of allylic oxidation sites excluding steroid dienone is 2. The molecule has 4 saturated carbocycles. The molecule has 5 aliphatic carbocycles. The number of aliphatic hydroxyl groups is 1. The van der Waals surface area contributed by atoms with Gasteiger partial charge in [-0.25, -0.2) is 0 Å². The zero-order valence-corrected chi connectivity index (χ0v) is 22.2. The topological polar surface area (TPSA) is 57.5 Å². The predicted molar refractivity (Wildman–Crippen MR) is 133 cm³/mol. The van der Waals surface area contributed by atoms with Crippen molar-refractivity contribution in [1.82, 2.24) is 0 Å². The number of rotatable bonds is 1. The van der Waals surface area contributed by atoms with Crippen LogP contribution in [0.4, 0.5) is 0 Å². The maximum atomic E-state index is 12.8. The Morgan fingerprint density at radius 1 is 0.909 bits per heavy atom. The number of hydrogen-bond donors (Lipinski definition) is 2. The third kappa shape index (κ3) is 2.75. The number of carboxylic acids is 1. The summed E-state index contributed by atoms with van der Waals surface area (Å²) in [5, 5.41) is 21.4. The van der Waals surface area contributed by atoms with Gasteiger partial charge in [-0.15, -0.1) is 0 Å². The van der Waals surface area contributed by atoms with Gasteiger partial charge in [0.05, 0.1) is 11.5 Å². The SMILES string of the molecule is C[C@@H]1[C@H](C)CC[C@]2(C(=O)O)CC[C@]3(C)C(=CC[C@@H]4[C@@]5(C)CC[C@H](O)C(C)(C)[C@H]5CC[C@]43C)[C@@H]12. The molecular weight excluding hydrogens is 408 g/mol. The molecule has 2 N–H and O–H groups in total. The van der Waals surface area contributed by atoms with E-state index in [4.69, 9.17) is 0 Å². The summed E-state index contributed by atoms with van der Waals surface area (Å²) in [6, 6.07) is 0. The number of hydrogen-bond acceptors (Lipinski definition) is 2. The molecule has 0 spiro atoms. The molecule has 33 heavy (non-hydrogen) atoms. The molecule has 10 atom stereocenters. The third-order valence-corrected chi connectivity index (χ3v) is 13.4. The third-order valence-electron chi connectivity index (χ3n) is 13.4. The zero-order chi connectivity index (χ0) is 24.2. The highest BCUT2D eigenvalue weighted by atomic mass is 16.4. The molecule has 0 aliphatic heterocycles. The van der Waals surface area contributed by atoms with Crippen LogP contribution in [-0.4, -0.2) is 22.3 Å². The van der Waals surface area contributed by atoms with Gasteiger partial charge in [0.1, 0.15) is 0 Å². The Hall–Kier alpha value is -0.830. The first kappa shape index (κ1) is 23.9. The molecular formula is C30H48O3. The molecule has 5 rings (SSSR count). The van der Waals surface area contributed by atoms with Gasteiger partial charge >= 0.3 is 5.97 Å². The van der Waals surface area contributed by atoms with Crippen molar-refractivity contribution in [2.45, 2.75) is 112 Å². The van der Waals surface area contributed by atoms with Crippen molar-refractivity contribution in [1.29, 1.82) is 0 Å². The lowest BCUT2D eigenvalue weighted by atomic mass is 9.33. The van der Waals surface area contributed by atoms with Gasteiger partial charge in [-0.2, -0.15) is 0 Å². The molecule has 0 amide bonds. The van der Waals surface area contributed by atoms with Crippen LogP contribution < -0.4 is 0 Å². The molecule has 0 heterocycles. The number of aliphatic hydroxyl groups excluding tert-OH is 1. The molecule has 0 saturated heterocycles. The molecule has 0 bridgehead atoms. The Kier molecular flexibility index (Phi) is 5.15. The van der Waals surface area contributed by atoms with Gasteiger partial charge < -0.3 is 10.2 Å². The van der Waals surface area contributed by atoms with Crippen LogP contribution in [-0.2, 0) is 4.79 Å². The Bertz CT molecular complexity index is 874. The first-order valence-electron chi connectivity index (χ1n) is 13.9. The molecule has 0 unspecified atom stereocenters. The van der Waals surface area contributed by atoms with E-state index >= 15 is 0 Å². The summed E-state index contributed by atoms with van der Waals surface area (Å²) < 4.78 is 0. The molecule has 4 fully saturated rings. The van der Waals surface area contributed by atoms with E-state index in [1.54, 1.807) is 0 Å². The Morgan fingerprint density at radius 2 is 1.61 bits per heavy atom. The van der Waals surface area contributed by atoms with Crippen molar-refractivity contribution in [3.05, 3.63) is 11.6 Å². The van der Waals surface area contributed by atoms with Crippen LogP contribution >= 0.6 is 0 Å². The average molecular weight is 457 g/mol. The lowest BCUT2D eigenvalue weighted by Crippen LogP contribution is -2.65. The fourth-order valence-corrected chi connectivity index (χ4v) is 10.8. The molecule has 186 valence electrons. The second-order valence-corrected chi connectivity index (χ2v) is 14.5. The van der Waals surface area contributed by atoms with Crippen LogP contribution in [0.2, 0.25) is 0 Å². The monoisotopic (exact) mass is 456 g/mol. The fraction of sp³-hybridized carbons (Fsp3) is 0.900. The van der Waals surface area contributed by atoms with Crippen LogP contribution in [0, 0.1) is 56.7 Å². The first-order chi connectivity index (χ1) is 15.3. The number of carbonyl (C=O) groups is 1. The highest BCUT2D eigenvalue weighted by molar-refractivity contribution is 5.76. The molecule has 3 nitrogen and oxygen atoms in total. The first-order valence-corrected chi connectivity index (χ1v) is 13.9. The summed E-state index contributed by atoms with van der Waals surface area (Å²) in [4.78, 5) is 12.8. The van der Waals surface area contributed by atoms with E-state index in [-0.39, 0.29) is 33.7 Å². The number of carboxylic acid groups (broad SMARTS) is 1. The van der Waals surface area contributed by atoms with Gasteiger partial charge in [-0.1, -0.05) is 60.1 Å². The molecule has 0 aromatic carbocycles. The zero-order valence-electron chi connectivity index (χ0n) is 22.2. The van der Waals surface area contributed by atoms with Crippen LogP contribution in [0.1, 0.15) is 106 Å². The maximum absolute atomic E-state index is 12.8. The van der Waals surface area contributed by atoms with E-state index in [2.05, 4.69) is 54.5 Å².